The number of benzene rings is 3. The largest absolute Gasteiger partial charge is 0.486 e. The molecule has 0 saturated carbocycles. The van der Waals surface area contributed by atoms with E-state index in [0.717, 1.165) is 5.56 Å². The molecule has 1 atom stereocenters. The second-order valence-electron chi connectivity index (χ2n) is 7.81. The van der Waals surface area contributed by atoms with Crippen LogP contribution >= 0.6 is 11.6 Å². The average molecular weight is 490 g/mol. The molecular formula is C24H21ClFNO5S. The number of carboxylic acids is 1. The molecule has 3 aromatic rings. The predicted molar refractivity (Wildman–Crippen MR) is 124 cm³/mol. The fourth-order valence-electron chi connectivity index (χ4n) is 3.77. The summed E-state index contributed by atoms with van der Waals surface area (Å²) >= 11 is 5.93. The van der Waals surface area contributed by atoms with E-state index in [-0.39, 0.29) is 46.3 Å². The Labute approximate surface area is 196 Å². The van der Waals surface area contributed by atoms with Crippen molar-refractivity contribution in [2.75, 3.05) is 10.8 Å². The van der Waals surface area contributed by atoms with E-state index in [1.54, 1.807) is 55.5 Å². The van der Waals surface area contributed by atoms with Crippen LogP contribution in [0.1, 0.15) is 18.4 Å². The molecule has 1 heterocycles. The Morgan fingerprint density at radius 2 is 1.94 bits per heavy atom. The van der Waals surface area contributed by atoms with Crippen LogP contribution in [-0.4, -0.2) is 32.1 Å². The van der Waals surface area contributed by atoms with E-state index in [2.05, 4.69) is 0 Å². The summed E-state index contributed by atoms with van der Waals surface area (Å²) in [5.41, 5.74) is 1.69. The van der Waals surface area contributed by atoms with Crippen LogP contribution in [0, 0.1) is 12.7 Å². The van der Waals surface area contributed by atoms with Crippen molar-refractivity contribution in [2.45, 2.75) is 30.8 Å². The van der Waals surface area contributed by atoms with Crippen LogP contribution in [0.15, 0.2) is 65.6 Å². The maximum absolute atomic E-state index is 14.6. The number of carboxylic acid groups (broad SMARTS) is 1. The van der Waals surface area contributed by atoms with Crippen LogP contribution < -0.4 is 9.04 Å². The molecule has 0 fully saturated rings. The third-order valence-electron chi connectivity index (χ3n) is 5.41. The van der Waals surface area contributed by atoms with Crippen LogP contribution in [0.4, 0.5) is 10.1 Å². The number of rotatable bonds is 6. The molecule has 33 heavy (non-hydrogen) atoms. The highest BCUT2D eigenvalue weighted by Crippen LogP contribution is 2.41. The number of ether oxygens (including phenoxy) is 1. The van der Waals surface area contributed by atoms with Crippen LogP contribution in [-0.2, 0) is 14.8 Å². The van der Waals surface area contributed by atoms with Crippen LogP contribution in [0.3, 0.4) is 0 Å². The van der Waals surface area contributed by atoms with E-state index in [1.165, 1.54) is 16.4 Å². The van der Waals surface area contributed by atoms with Gasteiger partial charge in [-0.1, -0.05) is 41.9 Å². The maximum Gasteiger partial charge on any atom is 0.303 e. The number of anilines is 1. The van der Waals surface area contributed by atoms with Gasteiger partial charge < -0.3 is 9.84 Å². The van der Waals surface area contributed by atoms with E-state index in [9.17, 15) is 17.6 Å². The van der Waals surface area contributed by atoms with Crippen molar-refractivity contribution in [2.24, 2.45) is 0 Å². The van der Waals surface area contributed by atoms with Crippen molar-refractivity contribution in [3.05, 3.63) is 77.1 Å². The smallest absolute Gasteiger partial charge is 0.303 e. The van der Waals surface area contributed by atoms with Crippen molar-refractivity contribution in [3.63, 3.8) is 0 Å². The molecule has 4 rings (SSSR count). The van der Waals surface area contributed by atoms with Gasteiger partial charge in [-0.05, 0) is 54.8 Å². The summed E-state index contributed by atoms with van der Waals surface area (Å²) in [4.78, 5) is 11.2. The SMILES string of the molecule is Cc1cccc(S(=O)(=O)N2C[C@H](CCC(=O)O)Oc3ccc(-c4cccc(Cl)c4F)cc32)c1. The number of hydrogen-bond acceptors (Lipinski definition) is 4. The molecule has 1 aliphatic rings. The zero-order valence-electron chi connectivity index (χ0n) is 17.7. The Balaban J connectivity index is 1.83. The van der Waals surface area contributed by atoms with E-state index in [0.29, 0.717) is 5.56 Å². The van der Waals surface area contributed by atoms with Crippen molar-refractivity contribution in [1.29, 1.82) is 0 Å². The summed E-state index contributed by atoms with van der Waals surface area (Å²) < 4.78 is 49.0. The van der Waals surface area contributed by atoms with E-state index in [1.807, 2.05) is 0 Å². The molecule has 0 bridgehead atoms. The number of nitrogens with zero attached hydrogens (tertiary/aromatic N) is 1. The Hall–Kier alpha value is -3.10. The minimum absolute atomic E-state index is 0.0422. The summed E-state index contributed by atoms with van der Waals surface area (Å²) in [6.07, 6.45) is -0.675. The fraction of sp³-hybridized carbons (Fsp3) is 0.208. The zero-order valence-corrected chi connectivity index (χ0v) is 19.2. The number of fused-ring (bicyclic) bond motifs is 1. The first-order valence-electron chi connectivity index (χ1n) is 10.2. The van der Waals surface area contributed by atoms with Gasteiger partial charge in [0, 0.05) is 12.0 Å². The highest BCUT2D eigenvalue weighted by atomic mass is 35.5. The van der Waals surface area contributed by atoms with Crippen LogP contribution in [0.2, 0.25) is 5.02 Å². The van der Waals surface area contributed by atoms with E-state index < -0.39 is 27.9 Å². The summed E-state index contributed by atoms with van der Waals surface area (Å²) in [5.74, 6) is -1.33. The van der Waals surface area contributed by atoms with Gasteiger partial charge in [0.1, 0.15) is 17.7 Å². The van der Waals surface area contributed by atoms with Crippen molar-refractivity contribution >= 4 is 33.3 Å². The first kappa shape index (κ1) is 23.1. The minimum atomic E-state index is -4.00. The Bertz CT molecular complexity index is 1330. The van der Waals surface area contributed by atoms with E-state index >= 15 is 0 Å². The molecule has 0 unspecified atom stereocenters. The van der Waals surface area contributed by atoms with Crippen LogP contribution in [0.25, 0.3) is 11.1 Å². The van der Waals surface area contributed by atoms with Gasteiger partial charge in [-0.2, -0.15) is 0 Å². The first-order chi connectivity index (χ1) is 15.7. The molecule has 0 radical (unpaired) electrons. The number of carbonyl (C=O) groups is 1. The summed E-state index contributed by atoms with van der Waals surface area (Å²) in [6, 6.07) is 15.9. The molecule has 172 valence electrons. The molecule has 1 N–H and O–H groups in total. The van der Waals surface area contributed by atoms with E-state index in [4.69, 9.17) is 21.4 Å². The summed E-state index contributed by atoms with van der Waals surface area (Å²) in [5, 5.41) is 9.01. The highest BCUT2D eigenvalue weighted by molar-refractivity contribution is 7.92. The quantitative estimate of drug-likeness (QED) is 0.509. The number of sulfonamides is 1. The topological polar surface area (TPSA) is 83.9 Å². The zero-order chi connectivity index (χ0) is 23.8. The van der Waals surface area contributed by atoms with Crippen LogP contribution in [0.5, 0.6) is 5.75 Å². The van der Waals surface area contributed by atoms with Gasteiger partial charge in [-0.25, -0.2) is 12.8 Å². The van der Waals surface area contributed by atoms with Crippen molar-refractivity contribution in [3.8, 4) is 16.9 Å². The lowest BCUT2D eigenvalue weighted by atomic mass is 10.0. The number of halogens is 2. The molecule has 0 saturated heterocycles. The number of aryl methyl sites for hydroxylation is 1. The Morgan fingerprint density at radius 3 is 2.67 bits per heavy atom. The molecule has 9 heteroatoms. The fourth-order valence-corrected chi connectivity index (χ4v) is 5.55. The first-order valence-corrected chi connectivity index (χ1v) is 12.0. The normalized spacial score (nSPS) is 15.6. The molecular weight excluding hydrogens is 469 g/mol. The van der Waals surface area contributed by atoms with Gasteiger partial charge in [0.25, 0.3) is 10.0 Å². The average Bonchev–Trinajstić information content (AvgIpc) is 2.78. The van der Waals surface area contributed by atoms with Crippen molar-refractivity contribution < 1.29 is 27.4 Å². The third-order valence-corrected chi connectivity index (χ3v) is 7.48. The van der Waals surface area contributed by atoms with Gasteiger partial charge in [0.15, 0.2) is 0 Å². The minimum Gasteiger partial charge on any atom is -0.486 e. The molecule has 1 aliphatic heterocycles. The lowest BCUT2D eigenvalue weighted by Crippen LogP contribution is -2.43. The van der Waals surface area contributed by atoms with Gasteiger partial charge >= 0.3 is 5.97 Å². The predicted octanol–water partition coefficient (Wildman–Crippen LogP) is 5.28. The van der Waals surface area contributed by atoms with Gasteiger partial charge in [-0.15, -0.1) is 0 Å². The standard InChI is InChI=1S/C24H21ClFNO5S/c1-15-4-2-5-18(12-15)33(30,31)27-14-17(9-11-23(28)29)32-22-10-8-16(13-21(22)27)19-6-3-7-20(25)24(19)26/h2-8,10,12-13,17H,9,11,14H2,1H3,(H,28,29)/t17-/m0/s1. The third kappa shape index (κ3) is 4.67. The molecule has 0 spiro atoms. The molecule has 0 aromatic heterocycles. The molecule has 0 aliphatic carbocycles. The molecule has 0 amide bonds. The molecule has 6 nitrogen and oxygen atoms in total. The van der Waals surface area contributed by atoms with Gasteiger partial charge in [-0.3, -0.25) is 9.10 Å². The lowest BCUT2D eigenvalue weighted by molar-refractivity contribution is -0.137. The number of hydrogen-bond donors (Lipinski definition) is 1. The Morgan fingerprint density at radius 1 is 1.18 bits per heavy atom. The Kier molecular flexibility index (Phi) is 6.32. The second-order valence-corrected chi connectivity index (χ2v) is 10.1. The summed E-state index contributed by atoms with van der Waals surface area (Å²) in [6.45, 7) is 1.72. The molecule has 3 aromatic carbocycles. The summed E-state index contributed by atoms with van der Waals surface area (Å²) in [7, 11) is -4.00. The maximum atomic E-state index is 14.6. The highest BCUT2D eigenvalue weighted by Gasteiger charge is 2.35. The monoisotopic (exact) mass is 489 g/mol. The van der Waals surface area contributed by atoms with Crippen molar-refractivity contribution in [1.82, 2.24) is 0 Å². The van der Waals surface area contributed by atoms with Gasteiger partial charge in [0.2, 0.25) is 0 Å². The second kappa shape index (κ2) is 9.03. The number of aliphatic carboxylic acids is 1. The lowest BCUT2D eigenvalue weighted by Gasteiger charge is -2.35. The van der Waals surface area contributed by atoms with Gasteiger partial charge in [0.05, 0.1) is 22.2 Å².